The number of rotatable bonds is 11. The summed E-state index contributed by atoms with van der Waals surface area (Å²) in [5.74, 6) is 3.26. The molecule has 0 atom stereocenters. The van der Waals surface area contributed by atoms with Gasteiger partial charge in [-0.3, -0.25) is 30.7 Å². The molecule has 0 bridgehead atoms. The van der Waals surface area contributed by atoms with Gasteiger partial charge in [-0.2, -0.15) is 8.78 Å². The van der Waals surface area contributed by atoms with Crippen LogP contribution in [-0.2, 0) is 17.6 Å². The molecule has 0 aliphatic heterocycles. The summed E-state index contributed by atoms with van der Waals surface area (Å²) >= 11 is 0. The van der Waals surface area contributed by atoms with E-state index in [1.165, 1.54) is 42.3 Å². The summed E-state index contributed by atoms with van der Waals surface area (Å²) in [6.45, 7) is 4.00. The summed E-state index contributed by atoms with van der Waals surface area (Å²) in [7, 11) is 0. The van der Waals surface area contributed by atoms with Crippen LogP contribution in [0.5, 0.6) is 0 Å². The summed E-state index contributed by atoms with van der Waals surface area (Å²) < 4.78 is 24.2. The Morgan fingerprint density at radius 2 is 1.06 bits per heavy atom. The molecule has 2 aliphatic carbocycles. The van der Waals surface area contributed by atoms with Crippen LogP contribution in [0.25, 0.3) is 0 Å². The van der Waals surface area contributed by atoms with Gasteiger partial charge < -0.3 is 10.6 Å². The van der Waals surface area contributed by atoms with Crippen LogP contribution in [0.1, 0.15) is 84.2 Å². The zero-order chi connectivity index (χ0) is 36.7. The molecule has 2 saturated carbocycles. The van der Waals surface area contributed by atoms with E-state index in [2.05, 4.69) is 72.4 Å². The maximum absolute atomic E-state index is 12.1. The van der Waals surface area contributed by atoms with Crippen LogP contribution in [0.15, 0.2) is 85.5 Å². The Morgan fingerprint density at radius 3 is 1.39 bits per heavy atom. The summed E-state index contributed by atoms with van der Waals surface area (Å²) in [6, 6.07) is 20.5. The molecule has 6 rings (SSSR count). The van der Waals surface area contributed by atoms with Crippen LogP contribution in [0.4, 0.5) is 20.7 Å². The Bertz CT molecular complexity index is 1690. The molecule has 7 N–H and O–H groups in total. The maximum atomic E-state index is 12.1. The summed E-state index contributed by atoms with van der Waals surface area (Å²) in [4.78, 5) is 50.6. The fourth-order valence-electron chi connectivity index (χ4n) is 5.69. The summed E-state index contributed by atoms with van der Waals surface area (Å²) in [5.41, 5.74) is 8.37. The second-order valence-electron chi connectivity index (χ2n) is 12.2. The number of anilines is 2. The van der Waals surface area contributed by atoms with Crippen LogP contribution in [0.3, 0.4) is 0 Å². The number of nitrogens with one attached hydrogen (secondary N) is 5. The first-order valence-corrected chi connectivity index (χ1v) is 16.9. The molecule has 2 fully saturated rings. The van der Waals surface area contributed by atoms with E-state index in [1.807, 2.05) is 43.5 Å². The molecule has 0 saturated heterocycles. The number of carbonyl (C=O) groups is 3. The zero-order valence-corrected chi connectivity index (χ0v) is 28.7. The minimum atomic E-state index is -3.21. The SMILES string of the molecule is CC.NNC(=O)c1cnc(NC2(Cc3ccccc3)CCC2)nc1.O=C(NNC(=O)C(F)F)c1cnc(NC2(Cc3ccccc3)CCC2)nc1. The zero-order valence-electron chi connectivity index (χ0n) is 28.7. The van der Waals surface area contributed by atoms with E-state index in [1.54, 1.807) is 5.43 Å². The molecule has 0 radical (unpaired) electrons. The number of alkyl halides is 2. The summed E-state index contributed by atoms with van der Waals surface area (Å²) in [6.07, 6.45) is 10.6. The Hall–Kier alpha value is -5.57. The second-order valence-corrected chi connectivity index (χ2v) is 12.2. The van der Waals surface area contributed by atoms with Crippen LogP contribution in [0, 0.1) is 0 Å². The molecule has 4 aromatic rings. The number of hydrazine groups is 2. The van der Waals surface area contributed by atoms with Crippen molar-refractivity contribution in [3.05, 3.63) is 108 Å². The lowest BCUT2D eigenvalue weighted by atomic mass is 9.73. The molecule has 0 spiro atoms. The average molecular weight is 703 g/mol. The highest BCUT2D eigenvalue weighted by atomic mass is 19.3. The summed E-state index contributed by atoms with van der Waals surface area (Å²) in [5, 5.41) is 6.79. The van der Waals surface area contributed by atoms with Crippen molar-refractivity contribution in [2.75, 3.05) is 10.6 Å². The van der Waals surface area contributed by atoms with Gasteiger partial charge in [-0.25, -0.2) is 25.8 Å². The van der Waals surface area contributed by atoms with E-state index < -0.39 is 24.1 Å². The van der Waals surface area contributed by atoms with Crippen molar-refractivity contribution in [1.29, 1.82) is 0 Å². The number of hydrogen-bond donors (Lipinski definition) is 6. The van der Waals surface area contributed by atoms with Gasteiger partial charge in [0.1, 0.15) is 0 Å². The van der Waals surface area contributed by atoms with Gasteiger partial charge >= 0.3 is 12.3 Å². The molecule has 3 amide bonds. The third-order valence-electron chi connectivity index (χ3n) is 8.60. The van der Waals surface area contributed by atoms with Crippen molar-refractivity contribution in [3.8, 4) is 0 Å². The molecule has 2 aromatic carbocycles. The standard InChI is InChI=1S/C18H19F2N5O2.C16H19N5O.C2H6/c19-14(20)16(27)25-24-15(26)13-10-21-17(22-11-13)23-18(7-4-8-18)9-12-5-2-1-3-6-12;17-21-14(22)13-10-18-15(19-11-13)20-16(7-4-8-16)9-12-5-2-1-3-6-12;1-2/h1-3,5-6,10-11,14H,4,7-9H2,(H,24,26)(H,25,27)(H,21,22,23);1-3,5-6,10-11H,4,7-9,17H2,(H,21,22)(H,18,19,20);1-2H3. The average Bonchev–Trinajstić information content (AvgIpc) is 3.14. The molecule has 15 heteroatoms. The molecule has 2 aliphatic rings. The number of nitrogens with two attached hydrogens (primary N) is 1. The number of hydrogen-bond acceptors (Lipinski definition) is 10. The van der Waals surface area contributed by atoms with E-state index in [9.17, 15) is 23.2 Å². The number of halogens is 2. The minimum absolute atomic E-state index is 0.0129. The van der Waals surface area contributed by atoms with Gasteiger partial charge in [-0.15, -0.1) is 0 Å². The van der Waals surface area contributed by atoms with Crippen molar-refractivity contribution in [1.82, 2.24) is 36.2 Å². The lowest BCUT2D eigenvalue weighted by molar-refractivity contribution is -0.132. The molecule has 270 valence electrons. The number of nitrogen functional groups attached to an aromatic ring is 1. The number of amides is 3. The third kappa shape index (κ3) is 11.0. The largest absolute Gasteiger partial charge is 0.348 e. The normalized spacial score (nSPS) is 14.8. The van der Waals surface area contributed by atoms with Crippen molar-refractivity contribution in [2.24, 2.45) is 5.84 Å². The number of benzene rings is 2. The lowest BCUT2D eigenvalue weighted by Gasteiger charge is -2.43. The highest BCUT2D eigenvalue weighted by Crippen LogP contribution is 2.38. The molecule has 2 aromatic heterocycles. The first-order chi connectivity index (χ1) is 24.7. The first-order valence-electron chi connectivity index (χ1n) is 16.9. The van der Waals surface area contributed by atoms with Gasteiger partial charge in [-0.1, -0.05) is 74.5 Å². The Labute approximate surface area is 295 Å². The quantitative estimate of drug-likeness (QED) is 0.0722. The fraction of sp³-hybridized carbons (Fsp3) is 0.361. The predicted molar refractivity (Wildman–Crippen MR) is 189 cm³/mol. The van der Waals surface area contributed by atoms with E-state index in [-0.39, 0.29) is 16.6 Å². The highest BCUT2D eigenvalue weighted by Gasteiger charge is 2.38. The molecule has 13 nitrogen and oxygen atoms in total. The molecule has 0 unspecified atom stereocenters. The van der Waals surface area contributed by atoms with Gasteiger partial charge in [0.2, 0.25) is 11.9 Å². The number of aromatic nitrogens is 4. The topological polar surface area (TPSA) is 189 Å². The van der Waals surface area contributed by atoms with E-state index in [0.717, 1.165) is 44.9 Å². The lowest BCUT2D eigenvalue weighted by Crippen LogP contribution is -2.47. The Balaban J connectivity index is 0.000000222. The molecular weight excluding hydrogens is 658 g/mol. The molecule has 2 heterocycles. The molecule has 51 heavy (non-hydrogen) atoms. The predicted octanol–water partition coefficient (Wildman–Crippen LogP) is 4.76. The highest BCUT2D eigenvalue weighted by molar-refractivity contribution is 5.95. The second kappa shape index (κ2) is 18.4. The van der Waals surface area contributed by atoms with E-state index in [0.29, 0.717) is 17.5 Å². The fourth-order valence-corrected chi connectivity index (χ4v) is 5.69. The van der Waals surface area contributed by atoms with Gasteiger partial charge in [0.05, 0.1) is 11.1 Å². The van der Waals surface area contributed by atoms with E-state index in [4.69, 9.17) is 5.84 Å². The van der Waals surface area contributed by atoms with Gasteiger partial charge in [0.15, 0.2) is 0 Å². The van der Waals surface area contributed by atoms with Crippen LogP contribution in [0.2, 0.25) is 0 Å². The monoisotopic (exact) mass is 702 g/mol. The number of nitrogens with zero attached hydrogens (tertiary/aromatic N) is 4. The van der Waals surface area contributed by atoms with Gasteiger partial charge in [-0.05, 0) is 62.5 Å². The van der Waals surface area contributed by atoms with Crippen molar-refractivity contribution in [2.45, 2.75) is 82.7 Å². The van der Waals surface area contributed by atoms with E-state index >= 15 is 0 Å². The minimum Gasteiger partial charge on any atom is -0.348 e. The van der Waals surface area contributed by atoms with Crippen molar-refractivity contribution < 1.29 is 23.2 Å². The first kappa shape index (κ1) is 38.2. The van der Waals surface area contributed by atoms with Gasteiger partial charge in [0.25, 0.3) is 11.8 Å². The van der Waals surface area contributed by atoms with Gasteiger partial charge in [0, 0.05) is 35.9 Å². The third-order valence-corrected chi connectivity index (χ3v) is 8.60. The maximum Gasteiger partial charge on any atom is 0.317 e. The Morgan fingerprint density at radius 1 is 0.667 bits per heavy atom. The number of carbonyl (C=O) groups excluding carboxylic acids is 3. The Kier molecular flexibility index (Phi) is 13.8. The van der Waals surface area contributed by atoms with Crippen LogP contribution >= 0.6 is 0 Å². The smallest absolute Gasteiger partial charge is 0.317 e. The van der Waals surface area contributed by atoms with Crippen LogP contribution in [-0.4, -0.2) is 55.2 Å². The molecular formula is C36H44F2N10O3. The van der Waals surface area contributed by atoms with Crippen molar-refractivity contribution in [3.63, 3.8) is 0 Å². The van der Waals surface area contributed by atoms with Crippen LogP contribution < -0.4 is 32.8 Å². The van der Waals surface area contributed by atoms with Crippen molar-refractivity contribution >= 4 is 29.6 Å².